The predicted octanol–water partition coefficient (Wildman–Crippen LogP) is 2.08. The molecular formula is C11H18FN. The number of fused-ring (bicyclic) bond motifs is 1. The van der Waals surface area contributed by atoms with E-state index < -0.39 is 5.67 Å². The molecule has 2 atom stereocenters. The Bertz CT molecular complexity index is 230. The SMILES string of the molecule is CC1(C)C2CN(CC3(F)CC3)CC21. The van der Waals surface area contributed by atoms with Gasteiger partial charge in [-0.1, -0.05) is 13.8 Å². The van der Waals surface area contributed by atoms with Crippen molar-refractivity contribution in [1.82, 2.24) is 4.90 Å². The van der Waals surface area contributed by atoms with Gasteiger partial charge in [-0.2, -0.15) is 0 Å². The highest BCUT2D eigenvalue weighted by atomic mass is 19.1. The Balaban J connectivity index is 1.56. The number of alkyl halides is 1. The van der Waals surface area contributed by atoms with Gasteiger partial charge in [0.05, 0.1) is 0 Å². The Kier molecular flexibility index (Phi) is 1.33. The van der Waals surface area contributed by atoms with Crippen LogP contribution in [0.25, 0.3) is 0 Å². The molecule has 2 unspecified atom stereocenters. The quantitative estimate of drug-likeness (QED) is 0.633. The van der Waals surface area contributed by atoms with Crippen molar-refractivity contribution < 1.29 is 4.39 Å². The van der Waals surface area contributed by atoms with E-state index in [1.165, 1.54) is 0 Å². The first kappa shape index (κ1) is 8.22. The molecule has 0 bridgehead atoms. The molecule has 1 aliphatic heterocycles. The van der Waals surface area contributed by atoms with E-state index in [1.54, 1.807) is 0 Å². The summed E-state index contributed by atoms with van der Waals surface area (Å²) in [4.78, 5) is 2.34. The molecule has 1 nitrogen and oxygen atoms in total. The summed E-state index contributed by atoms with van der Waals surface area (Å²) in [5.41, 5.74) is -0.204. The highest BCUT2D eigenvalue weighted by Crippen LogP contribution is 2.62. The Labute approximate surface area is 79.3 Å². The van der Waals surface area contributed by atoms with Gasteiger partial charge in [0.2, 0.25) is 0 Å². The summed E-state index contributed by atoms with van der Waals surface area (Å²) in [5, 5.41) is 0. The van der Waals surface area contributed by atoms with E-state index in [1.807, 2.05) is 0 Å². The fourth-order valence-electron chi connectivity index (χ4n) is 3.04. The summed E-state index contributed by atoms with van der Waals surface area (Å²) in [6, 6.07) is 0. The van der Waals surface area contributed by atoms with Gasteiger partial charge in [-0.3, -0.25) is 4.90 Å². The van der Waals surface area contributed by atoms with Crippen molar-refractivity contribution in [2.45, 2.75) is 32.4 Å². The highest BCUT2D eigenvalue weighted by molar-refractivity contribution is 5.12. The summed E-state index contributed by atoms with van der Waals surface area (Å²) < 4.78 is 13.4. The lowest BCUT2D eigenvalue weighted by Crippen LogP contribution is -2.33. The monoisotopic (exact) mass is 183 g/mol. The number of piperidine rings is 1. The van der Waals surface area contributed by atoms with Crippen molar-refractivity contribution in [3.63, 3.8) is 0 Å². The normalized spacial score (nSPS) is 44.5. The Morgan fingerprint density at radius 1 is 1.23 bits per heavy atom. The second-order valence-electron chi connectivity index (χ2n) is 5.88. The van der Waals surface area contributed by atoms with Crippen molar-refractivity contribution in [2.24, 2.45) is 17.3 Å². The molecule has 0 spiro atoms. The molecule has 1 saturated heterocycles. The maximum Gasteiger partial charge on any atom is 0.123 e. The summed E-state index contributed by atoms with van der Waals surface area (Å²) in [6.07, 6.45) is 1.62. The average Bonchev–Trinajstić information content (AvgIpc) is 2.78. The van der Waals surface area contributed by atoms with Crippen molar-refractivity contribution in [3.8, 4) is 0 Å². The fourth-order valence-corrected chi connectivity index (χ4v) is 3.04. The van der Waals surface area contributed by atoms with Crippen LogP contribution in [0.15, 0.2) is 0 Å². The van der Waals surface area contributed by atoms with E-state index in [0.717, 1.165) is 44.3 Å². The molecule has 0 aromatic rings. The van der Waals surface area contributed by atoms with Crippen LogP contribution in [0, 0.1) is 17.3 Å². The third-order valence-electron chi connectivity index (χ3n) is 4.50. The molecule has 1 heterocycles. The molecule has 13 heavy (non-hydrogen) atoms. The van der Waals surface area contributed by atoms with Crippen molar-refractivity contribution in [1.29, 1.82) is 0 Å². The smallest absolute Gasteiger partial charge is 0.123 e. The summed E-state index contributed by atoms with van der Waals surface area (Å²) in [7, 11) is 0. The van der Waals surface area contributed by atoms with E-state index in [0.29, 0.717) is 5.41 Å². The van der Waals surface area contributed by atoms with Gasteiger partial charge in [0.1, 0.15) is 5.67 Å². The minimum absolute atomic E-state index is 0.573. The van der Waals surface area contributed by atoms with Crippen LogP contribution in [-0.4, -0.2) is 30.2 Å². The average molecular weight is 183 g/mol. The zero-order valence-corrected chi connectivity index (χ0v) is 8.52. The van der Waals surface area contributed by atoms with Crippen LogP contribution in [0.1, 0.15) is 26.7 Å². The summed E-state index contributed by atoms with van der Waals surface area (Å²) in [6.45, 7) is 7.73. The lowest BCUT2D eigenvalue weighted by Gasteiger charge is -2.23. The van der Waals surface area contributed by atoms with Crippen LogP contribution >= 0.6 is 0 Å². The van der Waals surface area contributed by atoms with E-state index in [4.69, 9.17) is 0 Å². The number of halogens is 1. The molecule has 0 aromatic heterocycles. The van der Waals surface area contributed by atoms with Crippen molar-refractivity contribution in [3.05, 3.63) is 0 Å². The topological polar surface area (TPSA) is 3.24 Å². The minimum atomic E-state index is -0.777. The van der Waals surface area contributed by atoms with Gasteiger partial charge in [-0.05, 0) is 30.1 Å². The molecule has 3 fully saturated rings. The van der Waals surface area contributed by atoms with Crippen LogP contribution in [0.3, 0.4) is 0 Å². The van der Waals surface area contributed by atoms with Crippen LogP contribution in [0.2, 0.25) is 0 Å². The molecule has 74 valence electrons. The van der Waals surface area contributed by atoms with Gasteiger partial charge < -0.3 is 0 Å². The molecule has 3 aliphatic rings. The number of likely N-dealkylation sites (tertiary alicyclic amines) is 1. The first-order valence-corrected chi connectivity index (χ1v) is 5.43. The summed E-state index contributed by atoms with van der Waals surface area (Å²) >= 11 is 0. The molecule has 0 aromatic carbocycles. The first-order valence-electron chi connectivity index (χ1n) is 5.43. The number of rotatable bonds is 2. The molecule has 2 saturated carbocycles. The zero-order valence-electron chi connectivity index (χ0n) is 8.52. The van der Waals surface area contributed by atoms with Crippen LogP contribution in [-0.2, 0) is 0 Å². The molecule has 2 heteroatoms. The molecule has 0 N–H and O–H groups in total. The van der Waals surface area contributed by atoms with Crippen LogP contribution < -0.4 is 0 Å². The van der Waals surface area contributed by atoms with E-state index in [9.17, 15) is 4.39 Å². The van der Waals surface area contributed by atoms with Gasteiger partial charge in [-0.15, -0.1) is 0 Å². The first-order chi connectivity index (χ1) is 6.01. The highest BCUT2D eigenvalue weighted by Gasteiger charge is 2.62. The van der Waals surface area contributed by atoms with Crippen LogP contribution in [0.5, 0.6) is 0 Å². The third-order valence-corrected chi connectivity index (χ3v) is 4.50. The van der Waals surface area contributed by atoms with Crippen LogP contribution in [0.4, 0.5) is 4.39 Å². The third kappa shape index (κ3) is 1.14. The lowest BCUT2D eigenvalue weighted by molar-refractivity contribution is 0.173. The Hall–Kier alpha value is -0.110. The van der Waals surface area contributed by atoms with Crippen molar-refractivity contribution in [2.75, 3.05) is 19.6 Å². The fraction of sp³-hybridized carbons (Fsp3) is 1.00. The molecule has 0 radical (unpaired) electrons. The van der Waals surface area contributed by atoms with Gasteiger partial charge in [0.15, 0.2) is 0 Å². The second-order valence-corrected chi connectivity index (χ2v) is 5.88. The maximum atomic E-state index is 13.4. The minimum Gasteiger partial charge on any atom is -0.300 e. The van der Waals surface area contributed by atoms with Gasteiger partial charge in [0, 0.05) is 19.6 Å². The van der Waals surface area contributed by atoms with Gasteiger partial charge in [0.25, 0.3) is 0 Å². The number of nitrogens with zero attached hydrogens (tertiary/aromatic N) is 1. The largest absolute Gasteiger partial charge is 0.300 e. The molecule has 2 aliphatic carbocycles. The molecule has 3 rings (SSSR count). The summed E-state index contributed by atoms with van der Waals surface area (Å²) in [5.74, 6) is 1.74. The lowest BCUT2D eigenvalue weighted by atomic mass is 10.1. The van der Waals surface area contributed by atoms with Gasteiger partial charge >= 0.3 is 0 Å². The van der Waals surface area contributed by atoms with Crippen molar-refractivity contribution >= 4 is 0 Å². The van der Waals surface area contributed by atoms with Gasteiger partial charge in [-0.25, -0.2) is 4.39 Å². The molecular weight excluding hydrogens is 165 g/mol. The zero-order chi connectivity index (χ0) is 9.27. The number of hydrogen-bond acceptors (Lipinski definition) is 1. The maximum absolute atomic E-state index is 13.4. The second kappa shape index (κ2) is 2.10. The Morgan fingerprint density at radius 2 is 1.77 bits per heavy atom. The van der Waals surface area contributed by atoms with E-state index >= 15 is 0 Å². The number of hydrogen-bond donors (Lipinski definition) is 0. The predicted molar refractivity (Wildman–Crippen MR) is 50.3 cm³/mol. The standard InChI is InChI=1S/C11H18FN/c1-10(2)8-5-13(6-9(8)10)7-11(12)3-4-11/h8-9H,3-7H2,1-2H3. The Morgan fingerprint density at radius 3 is 2.23 bits per heavy atom. The van der Waals surface area contributed by atoms with E-state index in [-0.39, 0.29) is 0 Å². The molecule has 0 amide bonds. The van der Waals surface area contributed by atoms with E-state index in [2.05, 4.69) is 18.7 Å².